The quantitative estimate of drug-likeness (QED) is 0.679. The lowest BCUT2D eigenvalue weighted by Crippen LogP contribution is -2.40. The van der Waals surface area contributed by atoms with Crippen molar-refractivity contribution in [1.29, 1.82) is 0 Å². The van der Waals surface area contributed by atoms with Gasteiger partial charge in [0.1, 0.15) is 0 Å². The van der Waals surface area contributed by atoms with Gasteiger partial charge in [0.2, 0.25) is 5.95 Å². The number of nitrogens with one attached hydrogen (secondary N) is 3. The molecule has 0 saturated carbocycles. The Balaban J connectivity index is 0.000000845. The highest BCUT2D eigenvalue weighted by atomic mass is 35.5. The average molecular weight is 203 g/mol. The van der Waals surface area contributed by atoms with Crippen LogP contribution in [0.5, 0.6) is 0 Å². The minimum absolute atomic E-state index is 0. The van der Waals surface area contributed by atoms with E-state index in [0.29, 0.717) is 6.17 Å². The van der Waals surface area contributed by atoms with Crippen LogP contribution in [0.25, 0.3) is 0 Å². The zero-order valence-electron chi connectivity index (χ0n) is 7.42. The Kier molecular flexibility index (Phi) is 4.05. The predicted molar refractivity (Wildman–Crippen MR) is 55.1 cm³/mol. The van der Waals surface area contributed by atoms with Crippen LogP contribution in [-0.4, -0.2) is 22.7 Å². The number of hydrogen-bond acceptors (Lipinski definition) is 3. The van der Waals surface area contributed by atoms with E-state index in [2.05, 4.69) is 20.6 Å². The topological polar surface area (TPSA) is 52.7 Å². The fourth-order valence-electron chi connectivity index (χ4n) is 1.48. The van der Waals surface area contributed by atoms with Crippen molar-refractivity contribution in [2.24, 2.45) is 0 Å². The monoisotopic (exact) mass is 202 g/mol. The van der Waals surface area contributed by atoms with E-state index in [1.165, 1.54) is 19.3 Å². The van der Waals surface area contributed by atoms with Gasteiger partial charge in [-0.1, -0.05) is 0 Å². The number of aromatic nitrogens is 2. The second kappa shape index (κ2) is 5.09. The first-order valence-electron chi connectivity index (χ1n) is 4.44. The molecule has 74 valence electrons. The summed E-state index contributed by atoms with van der Waals surface area (Å²) in [7, 11) is 0. The average Bonchev–Trinajstić information content (AvgIpc) is 2.59. The second-order valence-corrected chi connectivity index (χ2v) is 3.08. The molecule has 13 heavy (non-hydrogen) atoms. The molecule has 1 aromatic heterocycles. The first kappa shape index (κ1) is 10.3. The van der Waals surface area contributed by atoms with Gasteiger partial charge in [-0.25, -0.2) is 4.98 Å². The summed E-state index contributed by atoms with van der Waals surface area (Å²) in [6.07, 6.45) is 7.74. The van der Waals surface area contributed by atoms with E-state index in [9.17, 15) is 0 Å². The molecule has 3 N–H and O–H groups in total. The molecule has 0 aliphatic carbocycles. The molecule has 0 aromatic carbocycles. The zero-order chi connectivity index (χ0) is 8.23. The van der Waals surface area contributed by atoms with Gasteiger partial charge in [-0.3, -0.25) is 5.32 Å². The van der Waals surface area contributed by atoms with Crippen LogP contribution in [0.3, 0.4) is 0 Å². The van der Waals surface area contributed by atoms with Gasteiger partial charge in [-0.05, 0) is 25.8 Å². The van der Waals surface area contributed by atoms with E-state index in [-0.39, 0.29) is 12.4 Å². The number of halogens is 1. The van der Waals surface area contributed by atoms with Gasteiger partial charge < -0.3 is 10.3 Å². The molecule has 0 spiro atoms. The second-order valence-electron chi connectivity index (χ2n) is 3.08. The van der Waals surface area contributed by atoms with Gasteiger partial charge in [-0.2, -0.15) is 0 Å². The molecule has 1 saturated heterocycles. The molecule has 1 aliphatic rings. The molecule has 5 heteroatoms. The fraction of sp³-hybridized carbons (Fsp3) is 0.625. The van der Waals surface area contributed by atoms with Crippen LogP contribution in [0.4, 0.5) is 5.95 Å². The molecule has 0 radical (unpaired) electrons. The van der Waals surface area contributed by atoms with Gasteiger partial charge in [-0.15, -0.1) is 12.4 Å². The Morgan fingerprint density at radius 3 is 3.00 bits per heavy atom. The maximum atomic E-state index is 4.10. The SMILES string of the molecule is Cl.c1c[nH]c(NC2CCCCN2)n1. The maximum absolute atomic E-state index is 4.10. The number of nitrogens with zero attached hydrogens (tertiary/aromatic N) is 1. The molecule has 1 fully saturated rings. The lowest BCUT2D eigenvalue weighted by atomic mass is 10.1. The van der Waals surface area contributed by atoms with Crippen molar-refractivity contribution >= 4 is 18.4 Å². The van der Waals surface area contributed by atoms with Crippen molar-refractivity contribution in [2.75, 3.05) is 11.9 Å². The number of rotatable bonds is 2. The van der Waals surface area contributed by atoms with Crippen LogP contribution >= 0.6 is 12.4 Å². The third kappa shape index (κ3) is 2.90. The molecule has 1 atom stereocenters. The van der Waals surface area contributed by atoms with Gasteiger partial charge in [0.05, 0.1) is 6.17 Å². The van der Waals surface area contributed by atoms with Crippen LogP contribution in [0.1, 0.15) is 19.3 Å². The first-order valence-corrected chi connectivity index (χ1v) is 4.44. The molecule has 2 heterocycles. The molecule has 2 rings (SSSR count). The molecular formula is C8H15ClN4. The van der Waals surface area contributed by atoms with E-state index in [0.717, 1.165) is 12.5 Å². The summed E-state index contributed by atoms with van der Waals surface area (Å²) in [6, 6.07) is 0. The summed E-state index contributed by atoms with van der Waals surface area (Å²) in [6.45, 7) is 1.11. The van der Waals surface area contributed by atoms with E-state index in [1.807, 2.05) is 6.20 Å². The van der Waals surface area contributed by atoms with E-state index in [1.54, 1.807) is 6.20 Å². The number of H-pyrrole nitrogens is 1. The van der Waals surface area contributed by atoms with Crippen LogP contribution in [0.15, 0.2) is 12.4 Å². The molecule has 1 unspecified atom stereocenters. The highest BCUT2D eigenvalue weighted by molar-refractivity contribution is 5.85. The van der Waals surface area contributed by atoms with E-state index in [4.69, 9.17) is 0 Å². The van der Waals surface area contributed by atoms with Gasteiger partial charge in [0, 0.05) is 12.4 Å². The Bertz CT molecular complexity index is 218. The summed E-state index contributed by atoms with van der Waals surface area (Å²) >= 11 is 0. The summed E-state index contributed by atoms with van der Waals surface area (Å²) in [5.41, 5.74) is 0. The molecule has 0 bridgehead atoms. The van der Waals surface area contributed by atoms with Crippen molar-refractivity contribution in [2.45, 2.75) is 25.4 Å². The van der Waals surface area contributed by atoms with Crippen molar-refractivity contribution in [3.05, 3.63) is 12.4 Å². The lowest BCUT2D eigenvalue weighted by Gasteiger charge is -2.23. The van der Waals surface area contributed by atoms with Gasteiger partial charge in [0.25, 0.3) is 0 Å². The smallest absolute Gasteiger partial charge is 0.201 e. The van der Waals surface area contributed by atoms with Gasteiger partial charge >= 0.3 is 0 Å². The number of aromatic amines is 1. The Morgan fingerprint density at radius 2 is 2.38 bits per heavy atom. The van der Waals surface area contributed by atoms with E-state index >= 15 is 0 Å². The van der Waals surface area contributed by atoms with Crippen molar-refractivity contribution in [1.82, 2.24) is 15.3 Å². The molecule has 0 amide bonds. The zero-order valence-corrected chi connectivity index (χ0v) is 8.23. The van der Waals surface area contributed by atoms with Crippen LogP contribution in [0, 0.1) is 0 Å². The summed E-state index contributed by atoms with van der Waals surface area (Å²) in [5, 5.41) is 6.67. The van der Waals surface area contributed by atoms with Crippen LogP contribution in [-0.2, 0) is 0 Å². The fourth-order valence-corrected chi connectivity index (χ4v) is 1.48. The van der Waals surface area contributed by atoms with Crippen LogP contribution < -0.4 is 10.6 Å². The number of piperidine rings is 1. The van der Waals surface area contributed by atoms with E-state index < -0.39 is 0 Å². The normalized spacial score (nSPS) is 22.0. The highest BCUT2D eigenvalue weighted by Crippen LogP contribution is 2.08. The third-order valence-corrected chi connectivity index (χ3v) is 2.12. The predicted octanol–water partition coefficient (Wildman–Crippen LogP) is 1.34. The number of anilines is 1. The highest BCUT2D eigenvalue weighted by Gasteiger charge is 2.11. The summed E-state index contributed by atoms with van der Waals surface area (Å²) in [4.78, 5) is 7.13. The van der Waals surface area contributed by atoms with Crippen molar-refractivity contribution in [3.63, 3.8) is 0 Å². The van der Waals surface area contributed by atoms with Crippen molar-refractivity contribution in [3.8, 4) is 0 Å². The Hall–Kier alpha value is -0.740. The standard InChI is InChI=1S/C8H14N4.ClH/c1-2-4-9-7(3-1)12-8-10-5-6-11-8;/h5-7,9H,1-4H2,(H2,10,11,12);1H. The Labute approximate surface area is 83.9 Å². The van der Waals surface area contributed by atoms with Crippen LogP contribution in [0.2, 0.25) is 0 Å². The van der Waals surface area contributed by atoms with Gasteiger partial charge in [0.15, 0.2) is 0 Å². The summed E-state index contributed by atoms with van der Waals surface area (Å²) in [5.74, 6) is 0.856. The Morgan fingerprint density at radius 1 is 1.46 bits per heavy atom. The molecule has 1 aromatic rings. The minimum Gasteiger partial charge on any atom is -0.341 e. The largest absolute Gasteiger partial charge is 0.341 e. The molecule has 4 nitrogen and oxygen atoms in total. The third-order valence-electron chi connectivity index (χ3n) is 2.12. The first-order chi connectivity index (χ1) is 5.95. The minimum atomic E-state index is 0. The number of hydrogen-bond donors (Lipinski definition) is 3. The lowest BCUT2D eigenvalue weighted by molar-refractivity contribution is 0.432. The molecular weight excluding hydrogens is 188 g/mol. The van der Waals surface area contributed by atoms with Crippen molar-refractivity contribution < 1.29 is 0 Å². The number of imidazole rings is 1. The maximum Gasteiger partial charge on any atom is 0.201 e. The summed E-state index contributed by atoms with van der Waals surface area (Å²) < 4.78 is 0. The molecule has 1 aliphatic heterocycles.